The average Bonchev–Trinajstić information content (AvgIpc) is 3.58. The van der Waals surface area contributed by atoms with Gasteiger partial charge in [-0.15, -0.1) is 0 Å². The predicted octanol–water partition coefficient (Wildman–Crippen LogP) is 4.85. The Hall–Kier alpha value is -3.98. The molecule has 1 aliphatic carbocycles. The van der Waals surface area contributed by atoms with Crippen molar-refractivity contribution >= 4 is 39.3 Å². The van der Waals surface area contributed by atoms with E-state index < -0.39 is 0 Å². The number of carbonyl (C=O) groups excluding carboxylic acids is 1. The molecule has 0 spiro atoms. The number of amides is 1. The molecule has 1 saturated carbocycles. The van der Waals surface area contributed by atoms with Crippen LogP contribution in [0.3, 0.4) is 0 Å². The molecule has 37 heavy (non-hydrogen) atoms. The largest absolute Gasteiger partial charge is 0.360 e. The fraction of sp³-hybridized carbons (Fsp3) is 0.296. The molecule has 1 amide bonds. The van der Waals surface area contributed by atoms with Crippen LogP contribution in [0.5, 0.6) is 0 Å². The number of hydrogen-bond donors (Lipinski definition) is 1. The highest BCUT2D eigenvalue weighted by molar-refractivity contribution is 6.37. The van der Waals surface area contributed by atoms with Crippen LogP contribution in [-0.4, -0.2) is 36.9 Å². The molecule has 4 aromatic heterocycles. The number of nitrogens with zero attached hydrogens (tertiary/aromatic N) is 5. The van der Waals surface area contributed by atoms with Crippen molar-refractivity contribution in [3.8, 4) is 5.82 Å². The van der Waals surface area contributed by atoms with Gasteiger partial charge in [-0.2, -0.15) is 5.10 Å². The lowest BCUT2D eigenvalue weighted by Gasteiger charge is -2.31. The fourth-order valence-corrected chi connectivity index (χ4v) is 5.68. The van der Waals surface area contributed by atoms with Crippen molar-refractivity contribution in [2.45, 2.75) is 38.6 Å². The SMILES string of the molecule is Cc1onc2c1c(=O)n(C1CCCC(CNC(=O)c3ccc(-n4cccn4)nc3)C1)c1cccc(Cl)c21. The summed E-state index contributed by atoms with van der Waals surface area (Å²) in [5.41, 5.74) is 1.65. The van der Waals surface area contributed by atoms with Crippen molar-refractivity contribution < 1.29 is 9.32 Å². The van der Waals surface area contributed by atoms with E-state index in [0.717, 1.165) is 36.6 Å². The first-order valence-electron chi connectivity index (χ1n) is 12.3. The van der Waals surface area contributed by atoms with E-state index in [1.54, 1.807) is 48.4 Å². The van der Waals surface area contributed by atoms with Crippen LogP contribution >= 0.6 is 11.6 Å². The number of rotatable bonds is 5. The van der Waals surface area contributed by atoms with E-state index in [1.165, 1.54) is 0 Å². The number of halogens is 1. The molecule has 6 rings (SSSR count). The van der Waals surface area contributed by atoms with Gasteiger partial charge < -0.3 is 14.4 Å². The molecule has 1 fully saturated rings. The maximum absolute atomic E-state index is 13.6. The summed E-state index contributed by atoms with van der Waals surface area (Å²) in [4.78, 5) is 30.8. The second-order valence-corrected chi connectivity index (χ2v) is 9.93. The van der Waals surface area contributed by atoms with E-state index in [9.17, 15) is 9.59 Å². The van der Waals surface area contributed by atoms with E-state index in [-0.39, 0.29) is 23.4 Å². The van der Waals surface area contributed by atoms with E-state index >= 15 is 0 Å². The van der Waals surface area contributed by atoms with Crippen molar-refractivity contribution in [1.82, 2.24) is 29.8 Å². The summed E-state index contributed by atoms with van der Waals surface area (Å²) < 4.78 is 8.88. The van der Waals surface area contributed by atoms with Crippen LogP contribution in [0.25, 0.3) is 27.6 Å². The zero-order valence-electron chi connectivity index (χ0n) is 20.2. The van der Waals surface area contributed by atoms with Gasteiger partial charge in [-0.3, -0.25) is 9.59 Å². The normalized spacial score (nSPS) is 17.9. The van der Waals surface area contributed by atoms with Gasteiger partial charge in [0.1, 0.15) is 16.7 Å². The molecule has 1 N–H and O–H groups in total. The quantitative estimate of drug-likeness (QED) is 0.358. The summed E-state index contributed by atoms with van der Waals surface area (Å²) in [6.07, 6.45) is 8.62. The van der Waals surface area contributed by atoms with Crippen LogP contribution in [0.1, 0.15) is 47.8 Å². The third-order valence-corrected chi connectivity index (χ3v) is 7.52. The number of fused-ring (bicyclic) bond motifs is 3. The minimum Gasteiger partial charge on any atom is -0.360 e. The summed E-state index contributed by atoms with van der Waals surface area (Å²) in [7, 11) is 0. The van der Waals surface area contributed by atoms with Gasteiger partial charge in [0, 0.05) is 36.6 Å². The molecular formula is C27H25ClN6O3. The molecule has 10 heteroatoms. The average molecular weight is 517 g/mol. The lowest BCUT2D eigenvalue weighted by molar-refractivity contribution is 0.0940. The second-order valence-electron chi connectivity index (χ2n) is 9.52. The molecule has 5 aromatic rings. The Balaban J connectivity index is 1.22. The van der Waals surface area contributed by atoms with Crippen molar-refractivity contribution in [3.63, 3.8) is 0 Å². The Bertz CT molecular complexity index is 1660. The van der Waals surface area contributed by atoms with E-state index in [0.29, 0.717) is 39.6 Å². The smallest absolute Gasteiger partial charge is 0.264 e. The lowest BCUT2D eigenvalue weighted by atomic mass is 9.85. The molecular weight excluding hydrogens is 492 g/mol. The second kappa shape index (κ2) is 9.48. The zero-order chi connectivity index (χ0) is 25.5. The highest BCUT2D eigenvalue weighted by atomic mass is 35.5. The molecule has 4 heterocycles. The molecule has 188 valence electrons. The fourth-order valence-electron chi connectivity index (χ4n) is 5.42. The minimum absolute atomic E-state index is 0.0159. The Labute approximate surface area is 217 Å². The summed E-state index contributed by atoms with van der Waals surface area (Å²) in [6.45, 7) is 2.28. The third-order valence-electron chi connectivity index (χ3n) is 7.20. The molecule has 0 bridgehead atoms. The number of aromatic nitrogens is 5. The highest BCUT2D eigenvalue weighted by Crippen LogP contribution is 2.36. The van der Waals surface area contributed by atoms with Gasteiger partial charge in [0.2, 0.25) is 0 Å². The summed E-state index contributed by atoms with van der Waals surface area (Å²) in [5, 5.41) is 13.1. The Morgan fingerprint density at radius 3 is 2.86 bits per heavy atom. The van der Waals surface area contributed by atoms with E-state index in [1.807, 2.05) is 22.8 Å². The van der Waals surface area contributed by atoms with Gasteiger partial charge in [0.15, 0.2) is 5.82 Å². The molecule has 0 aliphatic heterocycles. The van der Waals surface area contributed by atoms with Gasteiger partial charge in [-0.05, 0) is 62.4 Å². The van der Waals surface area contributed by atoms with E-state index in [2.05, 4.69) is 20.6 Å². The van der Waals surface area contributed by atoms with Crippen LogP contribution in [0.2, 0.25) is 5.02 Å². The van der Waals surface area contributed by atoms with Crippen molar-refractivity contribution in [2.75, 3.05) is 6.54 Å². The van der Waals surface area contributed by atoms with Crippen LogP contribution < -0.4 is 10.9 Å². The van der Waals surface area contributed by atoms with Crippen LogP contribution in [-0.2, 0) is 0 Å². The van der Waals surface area contributed by atoms with Gasteiger partial charge in [0.05, 0.1) is 16.1 Å². The number of carbonyl (C=O) groups is 1. The predicted molar refractivity (Wildman–Crippen MR) is 140 cm³/mol. The van der Waals surface area contributed by atoms with Gasteiger partial charge >= 0.3 is 0 Å². The summed E-state index contributed by atoms with van der Waals surface area (Å²) in [6, 6.07) is 10.9. The Morgan fingerprint density at radius 2 is 2.08 bits per heavy atom. The molecule has 0 saturated heterocycles. The van der Waals surface area contributed by atoms with Gasteiger partial charge in [-0.25, -0.2) is 9.67 Å². The minimum atomic E-state index is -0.169. The molecule has 2 atom stereocenters. The standard InChI is InChI=1S/C27H25ClN6O3/c1-16-23-25(32-37-16)24-20(28)7-3-8-21(24)34(27(23)36)19-6-2-5-17(13-19)14-30-26(35)18-9-10-22(29-15-18)33-12-4-11-31-33/h3-4,7-12,15,17,19H,2,5-6,13-14H2,1H3,(H,30,35). The van der Waals surface area contributed by atoms with Gasteiger partial charge in [0.25, 0.3) is 11.5 Å². The maximum atomic E-state index is 13.6. The Kier molecular flexibility index (Phi) is 6.00. The van der Waals surface area contributed by atoms with Gasteiger partial charge in [-0.1, -0.05) is 29.2 Å². The first kappa shape index (κ1) is 23.4. The Morgan fingerprint density at radius 1 is 1.19 bits per heavy atom. The van der Waals surface area contributed by atoms with E-state index in [4.69, 9.17) is 16.1 Å². The lowest BCUT2D eigenvalue weighted by Crippen LogP contribution is -2.34. The van der Waals surface area contributed by atoms with Crippen LogP contribution in [0.15, 0.2) is 64.3 Å². The summed E-state index contributed by atoms with van der Waals surface area (Å²) in [5.74, 6) is 1.20. The molecule has 0 radical (unpaired) electrons. The van der Waals surface area contributed by atoms with Crippen LogP contribution in [0, 0.1) is 12.8 Å². The molecule has 2 unspecified atom stereocenters. The molecule has 1 aliphatic rings. The first-order valence-corrected chi connectivity index (χ1v) is 12.7. The zero-order valence-corrected chi connectivity index (χ0v) is 21.0. The highest BCUT2D eigenvalue weighted by Gasteiger charge is 2.28. The van der Waals surface area contributed by atoms with Crippen LogP contribution in [0.4, 0.5) is 0 Å². The first-order chi connectivity index (χ1) is 18.0. The van der Waals surface area contributed by atoms with Crippen molar-refractivity contribution in [3.05, 3.63) is 81.7 Å². The maximum Gasteiger partial charge on any atom is 0.264 e. The molecule has 9 nitrogen and oxygen atoms in total. The van der Waals surface area contributed by atoms with Crippen molar-refractivity contribution in [2.24, 2.45) is 5.92 Å². The number of nitrogens with one attached hydrogen (secondary N) is 1. The summed E-state index contributed by atoms with van der Waals surface area (Å²) >= 11 is 6.56. The third kappa shape index (κ3) is 4.19. The number of aryl methyl sites for hydroxylation is 1. The molecule has 1 aromatic carbocycles. The van der Waals surface area contributed by atoms with Crippen molar-refractivity contribution in [1.29, 1.82) is 0 Å². The topological polar surface area (TPSA) is 108 Å². The number of hydrogen-bond acceptors (Lipinski definition) is 6. The number of benzene rings is 1. The number of pyridine rings is 2. The monoisotopic (exact) mass is 516 g/mol.